The van der Waals surface area contributed by atoms with E-state index in [1.165, 1.54) is 11.3 Å². The Kier molecular flexibility index (Phi) is 3.58. The van der Waals surface area contributed by atoms with Crippen molar-refractivity contribution in [2.75, 3.05) is 11.4 Å². The van der Waals surface area contributed by atoms with E-state index in [2.05, 4.69) is 36.1 Å². The van der Waals surface area contributed by atoms with Crippen molar-refractivity contribution in [1.82, 2.24) is 0 Å². The molecule has 0 amide bonds. The Bertz CT molecular complexity index is 606. The molecule has 1 N–H and O–H groups in total. The summed E-state index contributed by atoms with van der Waals surface area (Å²) in [5, 5.41) is 10.7. The number of hydrogen-bond acceptors (Lipinski definition) is 2. The van der Waals surface area contributed by atoms with Crippen LogP contribution in [0.15, 0.2) is 42.5 Å². The first-order valence-electron chi connectivity index (χ1n) is 6.94. The first-order chi connectivity index (χ1) is 9.65. The molecule has 0 aliphatic carbocycles. The highest BCUT2D eigenvalue weighted by atomic mass is 35.5. The molecule has 1 heterocycles. The molecule has 0 bridgehead atoms. The van der Waals surface area contributed by atoms with Gasteiger partial charge in [0, 0.05) is 29.4 Å². The molecule has 0 aromatic heterocycles. The van der Waals surface area contributed by atoms with Crippen LogP contribution < -0.4 is 4.90 Å². The van der Waals surface area contributed by atoms with Crippen molar-refractivity contribution in [2.45, 2.75) is 19.9 Å². The molecule has 0 radical (unpaired) electrons. The normalized spacial score (nSPS) is 17.9. The van der Waals surface area contributed by atoms with Crippen LogP contribution in [0.2, 0.25) is 5.02 Å². The molecule has 1 atom stereocenters. The van der Waals surface area contributed by atoms with Crippen LogP contribution in [0.25, 0.3) is 0 Å². The van der Waals surface area contributed by atoms with E-state index in [1.54, 1.807) is 12.1 Å². The van der Waals surface area contributed by atoms with Crippen LogP contribution in [0.5, 0.6) is 5.75 Å². The minimum absolute atomic E-state index is 0.271. The molecule has 1 aliphatic heterocycles. The van der Waals surface area contributed by atoms with Gasteiger partial charge in [-0.1, -0.05) is 42.8 Å². The summed E-state index contributed by atoms with van der Waals surface area (Å²) in [6, 6.07) is 13.8. The minimum atomic E-state index is 0.271. The first-order valence-corrected chi connectivity index (χ1v) is 7.32. The van der Waals surface area contributed by atoms with Gasteiger partial charge in [-0.15, -0.1) is 0 Å². The topological polar surface area (TPSA) is 23.5 Å². The van der Waals surface area contributed by atoms with Gasteiger partial charge >= 0.3 is 0 Å². The molecule has 0 saturated carbocycles. The predicted octanol–water partition coefficient (Wildman–Crippen LogP) is 4.24. The van der Waals surface area contributed by atoms with Crippen molar-refractivity contribution in [3.05, 3.63) is 58.6 Å². The van der Waals surface area contributed by atoms with Crippen molar-refractivity contribution in [3.8, 4) is 5.75 Å². The van der Waals surface area contributed by atoms with E-state index >= 15 is 0 Å². The summed E-state index contributed by atoms with van der Waals surface area (Å²) in [7, 11) is 0. The molecule has 3 rings (SSSR count). The molecule has 2 nitrogen and oxygen atoms in total. The molecular formula is C17H18ClNO. The highest BCUT2D eigenvalue weighted by Crippen LogP contribution is 2.34. The molecule has 0 saturated heterocycles. The number of hydrogen-bond donors (Lipinski definition) is 1. The SMILES string of the molecule is CC1Cc2ccccc2N(Cc2c(O)cccc2Cl)C1. The van der Waals surface area contributed by atoms with E-state index < -0.39 is 0 Å². The Morgan fingerprint density at radius 3 is 2.80 bits per heavy atom. The number of anilines is 1. The third kappa shape index (κ3) is 2.48. The molecular weight excluding hydrogens is 270 g/mol. The quantitative estimate of drug-likeness (QED) is 0.893. The predicted molar refractivity (Wildman–Crippen MR) is 83.5 cm³/mol. The second-order valence-electron chi connectivity index (χ2n) is 5.56. The van der Waals surface area contributed by atoms with Gasteiger partial charge in [-0.05, 0) is 36.1 Å². The Morgan fingerprint density at radius 2 is 2.00 bits per heavy atom. The Hall–Kier alpha value is -1.67. The smallest absolute Gasteiger partial charge is 0.122 e. The lowest BCUT2D eigenvalue weighted by atomic mass is 9.93. The van der Waals surface area contributed by atoms with Crippen LogP contribution in [-0.4, -0.2) is 11.7 Å². The van der Waals surface area contributed by atoms with Crippen LogP contribution in [0, 0.1) is 5.92 Å². The van der Waals surface area contributed by atoms with Crippen LogP contribution in [-0.2, 0) is 13.0 Å². The maximum atomic E-state index is 10.0. The molecule has 0 spiro atoms. The van der Waals surface area contributed by atoms with E-state index in [4.69, 9.17) is 11.6 Å². The van der Waals surface area contributed by atoms with Crippen molar-refractivity contribution < 1.29 is 5.11 Å². The standard InChI is InChI=1S/C17H18ClNO/c1-12-9-13-5-2-3-7-16(13)19(10-12)11-14-15(18)6-4-8-17(14)20/h2-8,12,20H,9-11H2,1H3. The molecule has 3 heteroatoms. The van der Waals surface area contributed by atoms with Gasteiger partial charge < -0.3 is 10.0 Å². The van der Waals surface area contributed by atoms with E-state index in [-0.39, 0.29) is 5.75 Å². The second kappa shape index (κ2) is 5.37. The maximum absolute atomic E-state index is 10.0. The zero-order chi connectivity index (χ0) is 14.1. The second-order valence-corrected chi connectivity index (χ2v) is 5.96. The van der Waals surface area contributed by atoms with Crippen LogP contribution in [0.4, 0.5) is 5.69 Å². The average molecular weight is 288 g/mol. The monoisotopic (exact) mass is 287 g/mol. The van der Waals surface area contributed by atoms with Gasteiger partial charge in [-0.2, -0.15) is 0 Å². The number of rotatable bonds is 2. The third-order valence-corrected chi connectivity index (χ3v) is 4.23. The van der Waals surface area contributed by atoms with Gasteiger partial charge in [0.05, 0.1) is 0 Å². The fourth-order valence-electron chi connectivity index (χ4n) is 2.95. The number of para-hydroxylation sites is 1. The number of fused-ring (bicyclic) bond motifs is 1. The van der Waals surface area contributed by atoms with Crippen molar-refractivity contribution in [1.29, 1.82) is 0 Å². The minimum Gasteiger partial charge on any atom is -0.508 e. The summed E-state index contributed by atoms with van der Waals surface area (Å²) >= 11 is 6.23. The lowest BCUT2D eigenvalue weighted by molar-refractivity contribution is 0.463. The van der Waals surface area contributed by atoms with Gasteiger partial charge in [0.15, 0.2) is 0 Å². The van der Waals surface area contributed by atoms with Crippen molar-refractivity contribution in [3.63, 3.8) is 0 Å². The third-order valence-electron chi connectivity index (χ3n) is 3.88. The zero-order valence-corrected chi connectivity index (χ0v) is 12.3. The number of aromatic hydroxyl groups is 1. The summed E-state index contributed by atoms with van der Waals surface area (Å²) in [6.45, 7) is 3.89. The number of phenols is 1. The largest absolute Gasteiger partial charge is 0.508 e. The van der Waals surface area contributed by atoms with E-state index in [0.29, 0.717) is 17.5 Å². The molecule has 20 heavy (non-hydrogen) atoms. The molecule has 104 valence electrons. The lowest BCUT2D eigenvalue weighted by Crippen LogP contribution is -2.33. The van der Waals surface area contributed by atoms with Crippen LogP contribution in [0.3, 0.4) is 0 Å². The zero-order valence-electron chi connectivity index (χ0n) is 11.5. The van der Waals surface area contributed by atoms with E-state index in [0.717, 1.165) is 18.5 Å². The summed E-state index contributed by atoms with van der Waals surface area (Å²) < 4.78 is 0. The van der Waals surface area contributed by atoms with Crippen LogP contribution >= 0.6 is 11.6 Å². The summed E-state index contributed by atoms with van der Waals surface area (Å²) in [6.07, 6.45) is 1.11. The highest BCUT2D eigenvalue weighted by Gasteiger charge is 2.22. The molecule has 1 aliphatic rings. The van der Waals surface area contributed by atoms with E-state index in [1.807, 2.05) is 6.07 Å². The first kappa shape index (κ1) is 13.3. The summed E-state index contributed by atoms with van der Waals surface area (Å²) in [4.78, 5) is 2.31. The van der Waals surface area contributed by atoms with Gasteiger partial charge in [0.25, 0.3) is 0 Å². The highest BCUT2D eigenvalue weighted by molar-refractivity contribution is 6.31. The Balaban J connectivity index is 1.95. The fraction of sp³-hybridized carbons (Fsp3) is 0.294. The van der Waals surface area contributed by atoms with Gasteiger partial charge in [0.1, 0.15) is 5.75 Å². The maximum Gasteiger partial charge on any atom is 0.122 e. The van der Waals surface area contributed by atoms with Gasteiger partial charge in [-0.25, -0.2) is 0 Å². The molecule has 0 fully saturated rings. The number of nitrogens with zero attached hydrogens (tertiary/aromatic N) is 1. The molecule has 2 aromatic rings. The Morgan fingerprint density at radius 1 is 1.20 bits per heavy atom. The van der Waals surface area contributed by atoms with Crippen molar-refractivity contribution >= 4 is 17.3 Å². The molecule has 1 unspecified atom stereocenters. The number of phenolic OH excluding ortho intramolecular Hbond substituents is 1. The lowest BCUT2D eigenvalue weighted by Gasteiger charge is -2.35. The fourth-order valence-corrected chi connectivity index (χ4v) is 3.18. The summed E-state index contributed by atoms with van der Waals surface area (Å²) in [5.41, 5.74) is 3.43. The van der Waals surface area contributed by atoms with Gasteiger partial charge in [-0.3, -0.25) is 0 Å². The Labute approximate surface area is 124 Å². The van der Waals surface area contributed by atoms with Gasteiger partial charge in [0.2, 0.25) is 0 Å². The van der Waals surface area contributed by atoms with E-state index in [9.17, 15) is 5.11 Å². The average Bonchev–Trinajstić information content (AvgIpc) is 2.42. The van der Waals surface area contributed by atoms with Crippen LogP contribution in [0.1, 0.15) is 18.1 Å². The van der Waals surface area contributed by atoms with Crippen molar-refractivity contribution in [2.24, 2.45) is 5.92 Å². The number of benzene rings is 2. The molecule has 2 aromatic carbocycles. The summed E-state index contributed by atoms with van der Waals surface area (Å²) in [5.74, 6) is 0.878. The number of halogens is 1.